The van der Waals surface area contributed by atoms with E-state index in [1.807, 2.05) is 0 Å². The minimum Gasteiger partial charge on any atom is -1.00 e. The molecule has 150 valence electrons. The van der Waals surface area contributed by atoms with Gasteiger partial charge in [-0.15, -0.1) is 0 Å². The van der Waals surface area contributed by atoms with Gasteiger partial charge in [0.25, 0.3) is 0 Å². The van der Waals surface area contributed by atoms with Crippen LogP contribution in [0.25, 0.3) is 17.2 Å². The molecule has 0 radical (unpaired) electrons. The Morgan fingerprint density at radius 3 is 2.32 bits per heavy atom. The molecule has 0 bridgehead atoms. The molecule has 1 aliphatic rings. The van der Waals surface area contributed by atoms with Crippen molar-refractivity contribution in [3.63, 3.8) is 0 Å². The number of rotatable bonds is 8. The molecule has 0 spiro atoms. The molecule has 1 nitrogen and oxygen atoms in total. The maximum atomic E-state index is 6.28. The average Bonchev–Trinajstić information content (AvgIpc) is 3.03. The van der Waals surface area contributed by atoms with Gasteiger partial charge in [0, 0.05) is 0 Å². The van der Waals surface area contributed by atoms with Crippen LogP contribution in [-0.4, -0.2) is 9.04 Å². The van der Waals surface area contributed by atoms with Crippen LogP contribution in [0, 0.1) is 0 Å². The fraction of sp³-hybridized carbons (Fsp3) is 0.391. The number of hydrogen-bond acceptors (Lipinski definition) is 1. The third-order valence-corrected chi connectivity index (χ3v) is 12.4. The zero-order valence-corrected chi connectivity index (χ0v) is 22.4. The second-order valence-electron chi connectivity index (χ2n) is 7.40. The molecule has 1 unspecified atom stereocenters. The van der Waals surface area contributed by atoms with Crippen LogP contribution in [0.3, 0.4) is 0 Å². The predicted molar refractivity (Wildman–Crippen MR) is 111 cm³/mol. The quantitative estimate of drug-likeness (QED) is 0.470. The van der Waals surface area contributed by atoms with Crippen molar-refractivity contribution in [2.45, 2.75) is 56.3 Å². The number of benzene rings is 2. The Labute approximate surface area is 197 Å². The van der Waals surface area contributed by atoms with Crippen molar-refractivity contribution >= 4 is 15.1 Å². The Hall–Kier alpha value is -0.180. The smallest absolute Gasteiger partial charge is 1.00 e. The molecule has 0 N–H and O–H groups in total. The molecule has 0 amide bonds. The molecule has 3 rings (SSSR count). The van der Waals surface area contributed by atoms with Crippen LogP contribution in [0.2, 0.25) is 13.1 Å². The Bertz CT molecular complexity index is 775. The Balaban J connectivity index is 0.00000196. The van der Waals surface area contributed by atoms with Crippen molar-refractivity contribution in [2.75, 3.05) is 0 Å². The van der Waals surface area contributed by atoms with Gasteiger partial charge >= 0.3 is 173 Å². The monoisotopic (exact) mass is 510 g/mol. The second kappa shape index (κ2) is 12.5. The van der Waals surface area contributed by atoms with Gasteiger partial charge in [-0.1, -0.05) is 0 Å². The summed E-state index contributed by atoms with van der Waals surface area (Å²) in [5, 5.41) is 0. The second-order valence-corrected chi connectivity index (χ2v) is 13.5. The van der Waals surface area contributed by atoms with E-state index >= 15 is 0 Å². The summed E-state index contributed by atoms with van der Waals surface area (Å²) in [7, 11) is -0.918. The van der Waals surface area contributed by atoms with E-state index < -0.39 is 32.7 Å². The number of hydrogen-bond donors (Lipinski definition) is 0. The first-order valence-corrected chi connectivity index (χ1v) is 15.2. The summed E-state index contributed by atoms with van der Waals surface area (Å²) in [5.41, 5.74) is 8.75. The van der Waals surface area contributed by atoms with Crippen LogP contribution in [0.1, 0.15) is 53.4 Å². The molecule has 2 aromatic carbocycles. The number of allylic oxidation sites excluding steroid dienone is 1. The van der Waals surface area contributed by atoms with E-state index in [1.54, 1.807) is 5.57 Å². The standard InChI is InChI=1S/C21H23.C2H7OSi.2ClH.Zr/c1-3-5-7-17-10-12-18(13-11-17)20-9-6-8-19-14-16(4-2)15-21(19)20;1-4(2)3;;;/h6,8-15H,3-5,7H2,1-2H3;4H,1-2H3;2*1H;/q;-1;;;+3/p-2. The Morgan fingerprint density at radius 2 is 1.71 bits per heavy atom. The first-order valence-electron chi connectivity index (χ1n) is 9.97. The summed E-state index contributed by atoms with van der Waals surface area (Å²) in [6.07, 6.45) is 7.32. The van der Waals surface area contributed by atoms with E-state index in [1.165, 1.54) is 47.1 Å². The van der Waals surface area contributed by atoms with Crippen molar-refractivity contribution in [2.24, 2.45) is 0 Å². The van der Waals surface area contributed by atoms with Gasteiger partial charge in [0.15, 0.2) is 0 Å². The third kappa shape index (κ3) is 6.16. The molecule has 0 saturated carbocycles. The summed E-state index contributed by atoms with van der Waals surface area (Å²) in [6, 6.07) is 16.1. The van der Waals surface area contributed by atoms with E-state index in [-0.39, 0.29) is 24.8 Å². The van der Waals surface area contributed by atoms with Crippen LogP contribution in [0.5, 0.6) is 0 Å². The van der Waals surface area contributed by atoms with Crippen LogP contribution >= 0.6 is 0 Å². The van der Waals surface area contributed by atoms with E-state index in [4.69, 9.17) is 2.50 Å². The number of aryl methyl sites for hydroxylation is 1. The maximum Gasteiger partial charge on any atom is -1.00 e. The van der Waals surface area contributed by atoms with Crippen LogP contribution in [0.4, 0.5) is 0 Å². The Morgan fingerprint density at radius 1 is 1.00 bits per heavy atom. The minimum absolute atomic E-state index is 0. The van der Waals surface area contributed by atoms with Gasteiger partial charge in [0.2, 0.25) is 0 Å². The normalized spacial score (nSPS) is 14.6. The summed E-state index contributed by atoms with van der Waals surface area (Å²) in [6.45, 7) is 9.13. The maximum absolute atomic E-state index is 6.28. The first kappa shape index (κ1) is 25.9. The van der Waals surface area contributed by atoms with Crippen LogP contribution < -0.4 is 24.8 Å². The molecule has 28 heavy (non-hydrogen) atoms. The number of unbranched alkanes of at least 4 members (excludes halogenated alkanes) is 1. The van der Waals surface area contributed by atoms with Crippen molar-refractivity contribution < 1.29 is 51.0 Å². The number of fused-ring (bicyclic) bond motifs is 1. The summed E-state index contributed by atoms with van der Waals surface area (Å²) in [4.78, 5) is 0. The van der Waals surface area contributed by atoms with Gasteiger partial charge in [-0.2, -0.15) is 0 Å². The van der Waals surface area contributed by atoms with Gasteiger partial charge in [0.1, 0.15) is 0 Å². The molecule has 0 heterocycles. The molecule has 1 atom stereocenters. The average molecular weight is 513 g/mol. The van der Waals surface area contributed by atoms with Gasteiger partial charge in [-0.3, -0.25) is 0 Å². The van der Waals surface area contributed by atoms with E-state index in [9.17, 15) is 0 Å². The predicted octanol–water partition coefficient (Wildman–Crippen LogP) is 0.550. The largest absolute Gasteiger partial charge is 1.00 e. The zero-order chi connectivity index (χ0) is 18.5. The molecule has 5 heteroatoms. The molecule has 1 aliphatic carbocycles. The van der Waals surface area contributed by atoms with Crippen molar-refractivity contribution in [1.82, 2.24) is 0 Å². The summed E-state index contributed by atoms with van der Waals surface area (Å²) >= 11 is -0.856. The first-order chi connectivity index (χ1) is 12.6. The zero-order valence-electron chi connectivity index (χ0n) is 17.3. The summed E-state index contributed by atoms with van der Waals surface area (Å²) in [5.74, 6) is 0. The SMILES string of the molecule is CCCCc1ccc(-c2cccc3c2C=C(CC)[CH]3[Zr+2][O][SiH](C)C)cc1.[Cl-].[Cl-]. The minimum atomic E-state index is -0.918. The van der Waals surface area contributed by atoms with Crippen molar-refractivity contribution in [3.8, 4) is 11.1 Å². The van der Waals surface area contributed by atoms with Crippen LogP contribution in [-0.2, 0) is 32.6 Å². The van der Waals surface area contributed by atoms with Crippen molar-refractivity contribution in [3.05, 3.63) is 64.7 Å². The van der Waals surface area contributed by atoms with Gasteiger partial charge in [0.05, 0.1) is 0 Å². The van der Waals surface area contributed by atoms with Gasteiger partial charge in [-0.05, 0) is 0 Å². The van der Waals surface area contributed by atoms with E-state index in [2.05, 4.69) is 75.5 Å². The van der Waals surface area contributed by atoms with Gasteiger partial charge < -0.3 is 24.8 Å². The molecule has 0 fully saturated rings. The van der Waals surface area contributed by atoms with E-state index in [0.29, 0.717) is 3.63 Å². The fourth-order valence-electron chi connectivity index (χ4n) is 3.60. The molecule has 2 aromatic rings. The van der Waals surface area contributed by atoms with Crippen molar-refractivity contribution in [1.29, 1.82) is 0 Å². The molecular formula is C23H30Cl2OSiZr. The van der Waals surface area contributed by atoms with Crippen LogP contribution in [0.15, 0.2) is 48.0 Å². The summed E-state index contributed by atoms with van der Waals surface area (Å²) < 4.78 is 6.89. The Kier molecular flexibility index (Phi) is 11.5. The fourth-order valence-corrected chi connectivity index (χ4v) is 9.03. The third-order valence-electron chi connectivity index (χ3n) is 5.07. The molecule has 0 aromatic heterocycles. The molecule has 0 aliphatic heterocycles. The topological polar surface area (TPSA) is 9.23 Å². The van der Waals surface area contributed by atoms with Gasteiger partial charge in [-0.25, -0.2) is 0 Å². The van der Waals surface area contributed by atoms with E-state index in [0.717, 1.165) is 6.42 Å². The number of halogens is 2. The molecule has 0 saturated heterocycles. The molecular weight excluding hydrogens is 482 g/mol.